The standard InChI is InChI=1S/C27H33FN6O5/c1-33-12-14-34(15-13-33)11-4-16-38-23-8-5-19(17-21(23)28)30-26-29-10-9-25(32-26)39-27(35)31-22-7-6-20(36-2)18-24(22)37-3/h5-10,17-18H,4,11-16H2,1-3H3,(H,31,35)(H,29,30,32). The van der Waals surface area contributed by atoms with Crippen LogP contribution < -0.4 is 29.6 Å². The van der Waals surface area contributed by atoms with Gasteiger partial charge in [-0.15, -0.1) is 0 Å². The second-order valence-corrected chi connectivity index (χ2v) is 8.92. The maximum atomic E-state index is 14.6. The zero-order chi connectivity index (χ0) is 27.6. The summed E-state index contributed by atoms with van der Waals surface area (Å²) in [6, 6.07) is 10.9. The molecule has 39 heavy (non-hydrogen) atoms. The number of nitrogens with one attached hydrogen (secondary N) is 2. The molecule has 4 rings (SSSR count). The molecule has 1 saturated heterocycles. The quantitative estimate of drug-likeness (QED) is 0.346. The van der Waals surface area contributed by atoms with E-state index in [1.165, 1.54) is 32.5 Å². The summed E-state index contributed by atoms with van der Waals surface area (Å²) in [5.74, 6) is 0.790. The molecule has 2 aromatic carbocycles. The summed E-state index contributed by atoms with van der Waals surface area (Å²) in [6.45, 7) is 5.58. The van der Waals surface area contributed by atoms with Crippen molar-refractivity contribution in [2.75, 3.05) is 71.2 Å². The Morgan fingerprint density at radius 2 is 1.85 bits per heavy atom. The van der Waals surface area contributed by atoms with Crippen LogP contribution in [0.15, 0.2) is 48.7 Å². The van der Waals surface area contributed by atoms with Gasteiger partial charge in [0.25, 0.3) is 0 Å². The zero-order valence-corrected chi connectivity index (χ0v) is 22.3. The van der Waals surface area contributed by atoms with Crippen LogP contribution in [0.3, 0.4) is 0 Å². The predicted octanol–water partition coefficient (Wildman–Crippen LogP) is 4.00. The molecule has 2 N–H and O–H groups in total. The van der Waals surface area contributed by atoms with Crippen LogP contribution in [0.2, 0.25) is 0 Å². The van der Waals surface area contributed by atoms with Crippen molar-refractivity contribution in [3.63, 3.8) is 0 Å². The Morgan fingerprint density at radius 1 is 1.03 bits per heavy atom. The number of hydrogen-bond acceptors (Lipinski definition) is 10. The topological polar surface area (TPSA) is 110 Å². The number of nitrogens with zero attached hydrogens (tertiary/aromatic N) is 4. The van der Waals surface area contributed by atoms with Gasteiger partial charge < -0.3 is 34.1 Å². The molecule has 0 radical (unpaired) electrons. The monoisotopic (exact) mass is 540 g/mol. The number of likely N-dealkylation sites (N-methyl/N-ethyl adjacent to an activating group) is 1. The van der Waals surface area contributed by atoms with Crippen LogP contribution in [0.25, 0.3) is 0 Å². The van der Waals surface area contributed by atoms with Gasteiger partial charge in [0.05, 0.1) is 26.5 Å². The van der Waals surface area contributed by atoms with Gasteiger partial charge >= 0.3 is 6.09 Å². The number of carbonyl (C=O) groups excluding carboxylic acids is 1. The third kappa shape index (κ3) is 8.16. The number of halogens is 1. The van der Waals surface area contributed by atoms with E-state index in [1.54, 1.807) is 30.3 Å². The number of anilines is 3. The Labute approximate surface area is 226 Å². The Bertz CT molecular complexity index is 1260. The third-order valence-corrected chi connectivity index (χ3v) is 6.13. The van der Waals surface area contributed by atoms with Crippen LogP contribution in [0, 0.1) is 5.82 Å². The number of aromatic nitrogens is 2. The van der Waals surface area contributed by atoms with E-state index in [-0.39, 0.29) is 17.6 Å². The minimum Gasteiger partial charge on any atom is -0.497 e. The van der Waals surface area contributed by atoms with E-state index in [4.69, 9.17) is 18.9 Å². The smallest absolute Gasteiger partial charge is 0.418 e. The van der Waals surface area contributed by atoms with Crippen molar-refractivity contribution in [1.82, 2.24) is 19.8 Å². The number of carbonyl (C=O) groups is 1. The van der Waals surface area contributed by atoms with Gasteiger partial charge in [-0.25, -0.2) is 14.2 Å². The van der Waals surface area contributed by atoms with E-state index in [9.17, 15) is 9.18 Å². The first-order valence-corrected chi connectivity index (χ1v) is 12.6. The highest BCUT2D eigenvalue weighted by Gasteiger charge is 2.14. The van der Waals surface area contributed by atoms with E-state index >= 15 is 0 Å². The predicted molar refractivity (Wildman–Crippen MR) is 145 cm³/mol. The summed E-state index contributed by atoms with van der Waals surface area (Å²) in [4.78, 5) is 25.4. The highest BCUT2D eigenvalue weighted by Crippen LogP contribution is 2.29. The van der Waals surface area contributed by atoms with Crippen LogP contribution in [-0.2, 0) is 0 Å². The molecule has 11 nitrogen and oxygen atoms in total. The number of piperazine rings is 1. The summed E-state index contributed by atoms with van der Waals surface area (Å²) in [6.07, 6.45) is 1.46. The summed E-state index contributed by atoms with van der Waals surface area (Å²) >= 11 is 0. The molecular weight excluding hydrogens is 507 g/mol. The molecule has 208 valence electrons. The van der Waals surface area contributed by atoms with E-state index in [2.05, 4.69) is 37.4 Å². The van der Waals surface area contributed by atoms with Crippen molar-refractivity contribution in [1.29, 1.82) is 0 Å². The molecule has 1 amide bonds. The van der Waals surface area contributed by atoms with Crippen molar-refractivity contribution < 1.29 is 28.1 Å². The number of ether oxygens (including phenoxy) is 4. The van der Waals surface area contributed by atoms with Crippen molar-refractivity contribution in [2.24, 2.45) is 0 Å². The maximum Gasteiger partial charge on any atom is 0.418 e. The van der Waals surface area contributed by atoms with Crippen LogP contribution in [0.4, 0.5) is 26.5 Å². The van der Waals surface area contributed by atoms with Crippen molar-refractivity contribution in [3.05, 3.63) is 54.5 Å². The van der Waals surface area contributed by atoms with Gasteiger partial charge in [0, 0.05) is 62.8 Å². The Balaban J connectivity index is 1.27. The lowest BCUT2D eigenvalue weighted by Gasteiger charge is -2.32. The summed E-state index contributed by atoms with van der Waals surface area (Å²) in [5.41, 5.74) is 0.815. The number of hydrogen-bond donors (Lipinski definition) is 2. The fourth-order valence-electron chi connectivity index (χ4n) is 3.96. The molecule has 3 aromatic rings. The highest BCUT2D eigenvalue weighted by atomic mass is 19.1. The molecule has 1 aliphatic rings. The van der Waals surface area contributed by atoms with Crippen LogP contribution in [0.1, 0.15) is 6.42 Å². The van der Waals surface area contributed by atoms with Gasteiger partial charge in [-0.2, -0.15) is 4.98 Å². The van der Waals surface area contributed by atoms with Gasteiger partial charge in [0.15, 0.2) is 11.6 Å². The van der Waals surface area contributed by atoms with Crippen LogP contribution in [-0.4, -0.2) is 86.5 Å². The normalized spacial score (nSPS) is 13.9. The lowest BCUT2D eigenvalue weighted by atomic mass is 10.3. The lowest BCUT2D eigenvalue weighted by Crippen LogP contribution is -2.44. The minimum atomic E-state index is -0.775. The molecule has 12 heteroatoms. The first kappa shape index (κ1) is 27.9. The molecule has 0 unspecified atom stereocenters. The molecule has 0 atom stereocenters. The zero-order valence-electron chi connectivity index (χ0n) is 22.3. The fraction of sp³-hybridized carbons (Fsp3) is 0.370. The second kappa shape index (κ2) is 13.6. The molecule has 1 aromatic heterocycles. The number of rotatable bonds is 11. The summed E-state index contributed by atoms with van der Waals surface area (Å²) in [7, 11) is 5.13. The van der Waals surface area contributed by atoms with E-state index < -0.39 is 11.9 Å². The average molecular weight is 541 g/mol. The summed E-state index contributed by atoms with van der Waals surface area (Å²) in [5, 5.41) is 5.50. The van der Waals surface area contributed by atoms with Crippen molar-refractivity contribution >= 4 is 23.4 Å². The van der Waals surface area contributed by atoms with Crippen LogP contribution >= 0.6 is 0 Å². The van der Waals surface area contributed by atoms with Gasteiger partial charge in [-0.1, -0.05) is 0 Å². The average Bonchev–Trinajstić information content (AvgIpc) is 2.93. The van der Waals surface area contributed by atoms with E-state index in [1.807, 2.05) is 0 Å². The Hall–Kier alpha value is -4.16. The molecule has 2 heterocycles. The van der Waals surface area contributed by atoms with Gasteiger partial charge in [-0.05, 0) is 37.7 Å². The molecular formula is C27H33FN6O5. The third-order valence-electron chi connectivity index (χ3n) is 6.13. The molecule has 0 spiro atoms. The van der Waals surface area contributed by atoms with Crippen molar-refractivity contribution in [2.45, 2.75) is 6.42 Å². The number of benzene rings is 2. The van der Waals surface area contributed by atoms with Crippen LogP contribution in [0.5, 0.6) is 23.1 Å². The maximum absolute atomic E-state index is 14.6. The largest absolute Gasteiger partial charge is 0.497 e. The van der Waals surface area contributed by atoms with E-state index in [0.717, 1.165) is 39.1 Å². The molecule has 1 aliphatic heterocycles. The second-order valence-electron chi connectivity index (χ2n) is 8.92. The van der Waals surface area contributed by atoms with Crippen molar-refractivity contribution in [3.8, 4) is 23.1 Å². The fourth-order valence-corrected chi connectivity index (χ4v) is 3.96. The first-order valence-electron chi connectivity index (χ1n) is 12.6. The molecule has 0 aliphatic carbocycles. The highest BCUT2D eigenvalue weighted by molar-refractivity contribution is 5.88. The van der Waals surface area contributed by atoms with Gasteiger partial charge in [0.1, 0.15) is 11.5 Å². The molecule has 1 fully saturated rings. The Morgan fingerprint density at radius 3 is 2.59 bits per heavy atom. The van der Waals surface area contributed by atoms with Gasteiger partial charge in [0.2, 0.25) is 11.8 Å². The minimum absolute atomic E-state index is 0.00162. The lowest BCUT2D eigenvalue weighted by molar-refractivity contribution is 0.145. The van der Waals surface area contributed by atoms with E-state index in [0.29, 0.717) is 29.5 Å². The Kier molecular flexibility index (Phi) is 9.70. The first-order chi connectivity index (χ1) is 18.9. The summed E-state index contributed by atoms with van der Waals surface area (Å²) < 4.78 is 36.0. The SMILES string of the molecule is COc1ccc(NC(=O)Oc2ccnc(Nc3ccc(OCCCN4CCN(C)CC4)c(F)c3)n2)c(OC)c1. The number of methoxy groups -OCH3 is 2. The molecule has 0 bridgehead atoms. The number of amides is 1. The molecule has 0 saturated carbocycles. The van der Waals surface area contributed by atoms with Gasteiger partial charge in [-0.3, -0.25) is 5.32 Å².